The molecule has 3 unspecified atom stereocenters. The van der Waals surface area contributed by atoms with E-state index in [2.05, 4.69) is 31.7 Å². The summed E-state index contributed by atoms with van der Waals surface area (Å²) >= 11 is 0. The van der Waals surface area contributed by atoms with Gasteiger partial charge in [0, 0.05) is 17.6 Å². The number of aryl methyl sites for hydroxylation is 1. The van der Waals surface area contributed by atoms with Crippen LogP contribution in [-0.2, 0) is 0 Å². The van der Waals surface area contributed by atoms with E-state index in [1.54, 1.807) is 0 Å². The summed E-state index contributed by atoms with van der Waals surface area (Å²) < 4.78 is 0. The molecule has 3 heteroatoms. The van der Waals surface area contributed by atoms with Gasteiger partial charge < -0.3 is 10.8 Å². The van der Waals surface area contributed by atoms with Crippen molar-refractivity contribution in [3.05, 3.63) is 29.3 Å². The van der Waals surface area contributed by atoms with Crippen LogP contribution in [0.5, 0.6) is 5.75 Å². The number of phenols is 1. The minimum absolute atomic E-state index is 0.229. The number of nitrogens with two attached hydrogens (primary N) is 1. The van der Waals surface area contributed by atoms with Crippen molar-refractivity contribution in [2.75, 3.05) is 13.1 Å². The molecule has 2 rings (SSSR count). The second-order valence-electron chi connectivity index (χ2n) is 6.42. The molecule has 0 amide bonds. The maximum atomic E-state index is 10.2. The standard InChI is InChI=1S/C18H30N2O/c1-4-20(17-8-6-5-7-15(17)12-19)14(3)16-11-13(2)9-10-18(16)21/h9-11,14-15,17,21H,4-8,12,19H2,1-3H3. The molecule has 3 nitrogen and oxygen atoms in total. The van der Waals surface area contributed by atoms with Gasteiger partial charge in [-0.1, -0.05) is 37.5 Å². The quantitative estimate of drug-likeness (QED) is 0.871. The van der Waals surface area contributed by atoms with Crippen molar-refractivity contribution < 1.29 is 5.11 Å². The van der Waals surface area contributed by atoms with Crippen molar-refractivity contribution in [1.29, 1.82) is 0 Å². The first-order chi connectivity index (χ1) is 10.1. The lowest BCUT2D eigenvalue weighted by Gasteiger charge is -2.42. The summed E-state index contributed by atoms with van der Waals surface area (Å²) in [5.74, 6) is 1.000. The topological polar surface area (TPSA) is 49.5 Å². The molecule has 1 aliphatic carbocycles. The number of phenolic OH excluding ortho intramolecular Hbond substituents is 1. The smallest absolute Gasteiger partial charge is 0.120 e. The van der Waals surface area contributed by atoms with Crippen LogP contribution in [0.1, 0.15) is 56.7 Å². The molecule has 3 atom stereocenters. The molecule has 21 heavy (non-hydrogen) atoms. The van der Waals surface area contributed by atoms with Crippen LogP contribution in [0.4, 0.5) is 0 Å². The van der Waals surface area contributed by atoms with Crippen LogP contribution in [0.25, 0.3) is 0 Å². The molecule has 0 spiro atoms. The van der Waals surface area contributed by atoms with Crippen molar-refractivity contribution in [3.63, 3.8) is 0 Å². The number of rotatable bonds is 5. The van der Waals surface area contributed by atoms with Crippen LogP contribution in [0, 0.1) is 12.8 Å². The van der Waals surface area contributed by atoms with Gasteiger partial charge in [-0.15, -0.1) is 0 Å². The fourth-order valence-electron chi connectivity index (χ4n) is 3.88. The highest BCUT2D eigenvalue weighted by Crippen LogP contribution is 2.36. The van der Waals surface area contributed by atoms with E-state index in [9.17, 15) is 5.11 Å². The minimum Gasteiger partial charge on any atom is -0.508 e. The van der Waals surface area contributed by atoms with E-state index in [-0.39, 0.29) is 6.04 Å². The molecule has 3 N–H and O–H groups in total. The average molecular weight is 290 g/mol. The molecule has 1 aromatic rings. The van der Waals surface area contributed by atoms with Crippen LogP contribution in [0.2, 0.25) is 0 Å². The first kappa shape index (κ1) is 16.3. The van der Waals surface area contributed by atoms with Gasteiger partial charge in [0.15, 0.2) is 0 Å². The Labute approximate surface area is 129 Å². The molecule has 0 aliphatic heterocycles. The molecule has 1 aliphatic rings. The SMILES string of the molecule is CCN(C(C)c1cc(C)ccc1O)C1CCCCC1CN. The van der Waals surface area contributed by atoms with Gasteiger partial charge in [-0.3, -0.25) is 4.90 Å². The molecule has 0 bridgehead atoms. The van der Waals surface area contributed by atoms with Gasteiger partial charge in [-0.05, 0) is 51.8 Å². The summed E-state index contributed by atoms with van der Waals surface area (Å²) in [5.41, 5.74) is 8.24. The summed E-state index contributed by atoms with van der Waals surface area (Å²) in [6.45, 7) is 8.27. The first-order valence-corrected chi connectivity index (χ1v) is 8.33. The molecular formula is C18H30N2O. The zero-order valence-corrected chi connectivity index (χ0v) is 13.7. The van der Waals surface area contributed by atoms with Gasteiger partial charge in [-0.2, -0.15) is 0 Å². The maximum absolute atomic E-state index is 10.2. The number of nitrogens with zero attached hydrogens (tertiary/aromatic N) is 1. The van der Waals surface area contributed by atoms with Crippen molar-refractivity contribution in [1.82, 2.24) is 4.90 Å². The van der Waals surface area contributed by atoms with E-state index in [1.807, 2.05) is 12.1 Å². The second-order valence-corrected chi connectivity index (χ2v) is 6.42. The predicted molar refractivity (Wildman–Crippen MR) is 88.4 cm³/mol. The number of hydrogen-bond acceptors (Lipinski definition) is 3. The summed E-state index contributed by atoms with van der Waals surface area (Å²) in [6, 6.07) is 6.67. The van der Waals surface area contributed by atoms with Crippen molar-refractivity contribution in [2.45, 2.75) is 58.5 Å². The van der Waals surface area contributed by atoms with E-state index in [1.165, 1.54) is 31.2 Å². The summed E-state index contributed by atoms with van der Waals surface area (Å²) in [5, 5.41) is 10.2. The average Bonchev–Trinajstić information content (AvgIpc) is 2.50. The van der Waals surface area contributed by atoms with Crippen molar-refractivity contribution >= 4 is 0 Å². The fraction of sp³-hybridized carbons (Fsp3) is 0.667. The van der Waals surface area contributed by atoms with Crippen LogP contribution in [-0.4, -0.2) is 29.1 Å². The lowest BCUT2D eigenvalue weighted by atomic mass is 9.82. The van der Waals surface area contributed by atoms with Crippen LogP contribution >= 0.6 is 0 Å². The van der Waals surface area contributed by atoms with E-state index in [0.717, 1.165) is 18.7 Å². The maximum Gasteiger partial charge on any atom is 0.120 e. The van der Waals surface area contributed by atoms with Crippen LogP contribution < -0.4 is 5.73 Å². The largest absolute Gasteiger partial charge is 0.508 e. The Bertz CT molecular complexity index is 461. The Kier molecular flexibility index (Phi) is 5.65. The lowest BCUT2D eigenvalue weighted by Crippen LogP contribution is -2.46. The van der Waals surface area contributed by atoms with Gasteiger partial charge >= 0.3 is 0 Å². The highest BCUT2D eigenvalue weighted by molar-refractivity contribution is 5.37. The van der Waals surface area contributed by atoms with E-state index in [0.29, 0.717) is 17.7 Å². The molecule has 118 valence electrons. The Hall–Kier alpha value is -1.06. The van der Waals surface area contributed by atoms with E-state index in [4.69, 9.17) is 5.73 Å². The van der Waals surface area contributed by atoms with Crippen LogP contribution in [0.15, 0.2) is 18.2 Å². The molecule has 1 fully saturated rings. The van der Waals surface area contributed by atoms with E-state index < -0.39 is 0 Å². The highest BCUT2D eigenvalue weighted by atomic mass is 16.3. The Balaban J connectivity index is 2.24. The third-order valence-electron chi connectivity index (χ3n) is 5.09. The van der Waals surface area contributed by atoms with Gasteiger partial charge in [0.1, 0.15) is 5.75 Å². The fourth-order valence-corrected chi connectivity index (χ4v) is 3.88. The van der Waals surface area contributed by atoms with E-state index >= 15 is 0 Å². The van der Waals surface area contributed by atoms with Gasteiger partial charge in [0.25, 0.3) is 0 Å². The number of aromatic hydroxyl groups is 1. The second kappa shape index (κ2) is 7.28. The van der Waals surface area contributed by atoms with Crippen molar-refractivity contribution in [3.8, 4) is 5.75 Å². The summed E-state index contributed by atoms with van der Waals surface area (Å²) in [6.07, 6.45) is 5.07. The number of benzene rings is 1. The Morgan fingerprint density at radius 2 is 2.05 bits per heavy atom. The highest BCUT2D eigenvalue weighted by Gasteiger charge is 2.32. The van der Waals surface area contributed by atoms with Crippen LogP contribution in [0.3, 0.4) is 0 Å². The molecule has 0 saturated heterocycles. The summed E-state index contributed by atoms with van der Waals surface area (Å²) in [7, 11) is 0. The van der Waals surface area contributed by atoms with Gasteiger partial charge in [0.05, 0.1) is 0 Å². The third-order valence-corrected chi connectivity index (χ3v) is 5.09. The molecule has 1 aromatic carbocycles. The van der Waals surface area contributed by atoms with Gasteiger partial charge in [-0.25, -0.2) is 0 Å². The minimum atomic E-state index is 0.229. The number of hydrogen-bond donors (Lipinski definition) is 2. The molecule has 0 heterocycles. The third kappa shape index (κ3) is 3.58. The molecular weight excluding hydrogens is 260 g/mol. The van der Waals surface area contributed by atoms with Gasteiger partial charge in [0.2, 0.25) is 0 Å². The first-order valence-electron chi connectivity index (χ1n) is 8.33. The Morgan fingerprint density at radius 1 is 1.33 bits per heavy atom. The predicted octanol–water partition coefficient (Wildman–Crippen LogP) is 3.60. The summed E-state index contributed by atoms with van der Waals surface area (Å²) in [4.78, 5) is 2.53. The molecule has 0 aromatic heterocycles. The zero-order valence-electron chi connectivity index (χ0n) is 13.7. The zero-order chi connectivity index (χ0) is 15.4. The van der Waals surface area contributed by atoms with Crippen molar-refractivity contribution in [2.24, 2.45) is 11.7 Å². The Morgan fingerprint density at radius 3 is 2.71 bits per heavy atom. The normalized spacial score (nSPS) is 24.2. The monoisotopic (exact) mass is 290 g/mol. The lowest BCUT2D eigenvalue weighted by molar-refractivity contribution is 0.0759. The molecule has 0 radical (unpaired) electrons. The molecule has 1 saturated carbocycles.